The predicted molar refractivity (Wildman–Crippen MR) is 119 cm³/mol. The normalized spacial score (nSPS) is 16.3. The summed E-state index contributed by atoms with van der Waals surface area (Å²) in [6, 6.07) is 7.38. The number of amides is 1. The maximum Gasteiger partial charge on any atom is 0.259 e. The zero-order valence-electron chi connectivity index (χ0n) is 17.3. The van der Waals surface area contributed by atoms with E-state index in [-0.39, 0.29) is 18.3 Å². The van der Waals surface area contributed by atoms with Gasteiger partial charge >= 0.3 is 0 Å². The fraction of sp³-hybridized carbons (Fsp3) is 0.364. The van der Waals surface area contributed by atoms with E-state index in [1.54, 1.807) is 12.1 Å². The molecule has 3 aromatic rings. The minimum absolute atomic E-state index is 0.0568. The van der Waals surface area contributed by atoms with E-state index in [0.29, 0.717) is 28.4 Å². The number of fused-ring (bicyclic) bond motifs is 1. The van der Waals surface area contributed by atoms with Crippen molar-refractivity contribution in [2.24, 2.45) is 5.92 Å². The second-order valence-corrected chi connectivity index (χ2v) is 9.35. The number of hydrogen-bond donors (Lipinski definition) is 2. The lowest BCUT2D eigenvalue weighted by Gasteiger charge is -2.32. The molecular formula is C22H22ClF2N3O3S. The van der Waals surface area contributed by atoms with E-state index in [4.69, 9.17) is 16.3 Å². The first-order valence-electron chi connectivity index (χ1n) is 10.1. The van der Waals surface area contributed by atoms with Gasteiger partial charge in [-0.15, -0.1) is 11.3 Å². The van der Waals surface area contributed by atoms with Crippen LogP contribution in [-0.2, 0) is 6.61 Å². The fourth-order valence-electron chi connectivity index (χ4n) is 3.67. The number of ether oxygens (including phenoxy) is 1. The van der Waals surface area contributed by atoms with Crippen molar-refractivity contribution in [2.75, 3.05) is 20.1 Å². The number of halogens is 3. The minimum Gasteiger partial charge on any atom is -0.483 e. The Hall–Kier alpha value is -2.33. The van der Waals surface area contributed by atoms with Crippen LogP contribution in [0.15, 0.2) is 30.3 Å². The molecule has 170 valence electrons. The molecule has 1 aromatic heterocycles. The van der Waals surface area contributed by atoms with Crippen molar-refractivity contribution in [2.45, 2.75) is 25.7 Å². The number of hydrogen-bond acceptors (Lipinski definition) is 6. The van der Waals surface area contributed by atoms with Gasteiger partial charge < -0.3 is 20.1 Å². The molecule has 1 aliphatic heterocycles. The fourth-order valence-corrected chi connectivity index (χ4v) is 4.70. The molecule has 1 unspecified atom stereocenters. The SMILES string of the molecule is CN1CCC(C(O)NC(=O)c2c(F)ccc(OCc3nc4cc(Cl)ccc4s3)c2F)CC1. The highest BCUT2D eigenvalue weighted by Crippen LogP contribution is 2.28. The van der Waals surface area contributed by atoms with Crippen LogP contribution in [0, 0.1) is 17.6 Å². The molecule has 0 saturated carbocycles. The number of aliphatic hydroxyl groups excluding tert-OH is 1. The second kappa shape index (κ2) is 9.66. The Labute approximate surface area is 192 Å². The number of carbonyl (C=O) groups is 1. The first-order valence-corrected chi connectivity index (χ1v) is 11.3. The molecule has 1 aliphatic rings. The summed E-state index contributed by atoms with van der Waals surface area (Å²) in [4.78, 5) is 19.0. The van der Waals surface area contributed by atoms with Crippen molar-refractivity contribution in [1.82, 2.24) is 15.2 Å². The lowest BCUT2D eigenvalue weighted by Crippen LogP contribution is -2.45. The number of aliphatic hydroxyl groups is 1. The number of nitrogens with zero attached hydrogens (tertiary/aromatic N) is 2. The lowest BCUT2D eigenvalue weighted by atomic mass is 9.95. The van der Waals surface area contributed by atoms with Crippen molar-refractivity contribution < 1.29 is 23.4 Å². The van der Waals surface area contributed by atoms with Crippen molar-refractivity contribution in [1.29, 1.82) is 0 Å². The van der Waals surface area contributed by atoms with Gasteiger partial charge in [0, 0.05) is 10.9 Å². The van der Waals surface area contributed by atoms with Crippen molar-refractivity contribution in [3.8, 4) is 5.75 Å². The topological polar surface area (TPSA) is 74.7 Å². The van der Waals surface area contributed by atoms with Crippen LogP contribution in [0.2, 0.25) is 5.02 Å². The number of nitrogens with one attached hydrogen (secondary N) is 1. The summed E-state index contributed by atoms with van der Waals surface area (Å²) in [6.07, 6.45) is 0.174. The van der Waals surface area contributed by atoms with Gasteiger partial charge in [-0.1, -0.05) is 11.6 Å². The van der Waals surface area contributed by atoms with E-state index in [1.807, 2.05) is 13.1 Å². The second-order valence-electron chi connectivity index (χ2n) is 7.80. The molecule has 0 bridgehead atoms. The summed E-state index contributed by atoms with van der Waals surface area (Å²) in [6.45, 7) is 1.50. The van der Waals surface area contributed by atoms with E-state index < -0.39 is 29.3 Å². The van der Waals surface area contributed by atoms with Gasteiger partial charge in [0.25, 0.3) is 5.91 Å². The van der Waals surface area contributed by atoms with E-state index in [2.05, 4.69) is 15.2 Å². The first-order chi connectivity index (χ1) is 15.3. The largest absolute Gasteiger partial charge is 0.483 e. The number of piperidine rings is 1. The highest BCUT2D eigenvalue weighted by atomic mass is 35.5. The molecule has 10 heteroatoms. The minimum atomic E-state index is -1.19. The van der Waals surface area contributed by atoms with Gasteiger partial charge in [-0.3, -0.25) is 4.79 Å². The number of carbonyl (C=O) groups excluding carboxylic acids is 1. The third-order valence-electron chi connectivity index (χ3n) is 5.52. The van der Waals surface area contributed by atoms with Gasteiger partial charge in [0.1, 0.15) is 29.2 Å². The number of aromatic nitrogens is 1. The van der Waals surface area contributed by atoms with Crippen LogP contribution in [0.4, 0.5) is 8.78 Å². The van der Waals surface area contributed by atoms with E-state index in [1.165, 1.54) is 11.3 Å². The Morgan fingerprint density at radius 2 is 2.09 bits per heavy atom. The Balaban J connectivity index is 1.46. The third kappa shape index (κ3) is 5.01. The van der Waals surface area contributed by atoms with E-state index in [9.17, 15) is 18.7 Å². The standard InChI is InChI=1S/C22H22ClF2N3O3S/c1-28-8-6-12(7-9-28)21(29)27-22(30)19-14(24)3-4-16(20(19)25)31-11-18-26-15-10-13(23)2-5-17(15)32-18/h2-5,10,12,21,29H,6-9,11H2,1H3,(H,27,30). The summed E-state index contributed by atoms with van der Waals surface area (Å²) in [7, 11) is 1.97. The highest BCUT2D eigenvalue weighted by molar-refractivity contribution is 7.18. The van der Waals surface area contributed by atoms with Gasteiger partial charge in [-0.2, -0.15) is 0 Å². The van der Waals surface area contributed by atoms with Crippen molar-refractivity contribution in [3.05, 3.63) is 57.6 Å². The van der Waals surface area contributed by atoms with Crippen LogP contribution in [-0.4, -0.2) is 47.3 Å². The Morgan fingerprint density at radius 3 is 2.84 bits per heavy atom. The van der Waals surface area contributed by atoms with E-state index >= 15 is 0 Å². The van der Waals surface area contributed by atoms with Gasteiger partial charge in [0.2, 0.25) is 0 Å². The van der Waals surface area contributed by atoms with Gasteiger partial charge in [0.15, 0.2) is 11.6 Å². The molecule has 1 amide bonds. The molecule has 2 N–H and O–H groups in total. The molecule has 0 spiro atoms. The molecular weight excluding hydrogens is 460 g/mol. The van der Waals surface area contributed by atoms with Gasteiger partial charge in [-0.25, -0.2) is 13.8 Å². The van der Waals surface area contributed by atoms with Crippen molar-refractivity contribution in [3.63, 3.8) is 0 Å². The average molecular weight is 482 g/mol. The molecule has 2 aromatic carbocycles. The predicted octanol–water partition coefficient (Wildman–Crippen LogP) is 4.20. The maximum atomic E-state index is 14.9. The number of thiazole rings is 1. The Morgan fingerprint density at radius 1 is 1.34 bits per heavy atom. The molecule has 4 rings (SSSR count). The first kappa shape index (κ1) is 22.8. The molecule has 1 fully saturated rings. The average Bonchev–Trinajstić information content (AvgIpc) is 3.15. The zero-order chi connectivity index (χ0) is 22.8. The quantitative estimate of drug-likeness (QED) is 0.516. The summed E-state index contributed by atoms with van der Waals surface area (Å²) in [5, 5.41) is 13.8. The zero-order valence-corrected chi connectivity index (χ0v) is 18.8. The monoisotopic (exact) mass is 481 g/mol. The van der Waals surface area contributed by atoms with Gasteiger partial charge in [0.05, 0.1) is 10.2 Å². The summed E-state index contributed by atoms with van der Waals surface area (Å²) >= 11 is 7.33. The van der Waals surface area contributed by atoms with Crippen LogP contribution in [0.1, 0.15) is 28.2 Å². The molecule has 0 aliphatic carbocycles. The van der Waals surface area contributed by atoms with Crippen molar-refractivity contribution >= 4 is 39.1 Å². The van der Waals surface area contributed by atoms with E-state index in [0.717, 1.165) is 29.9 Å². The number of benzene rings is 2. The third-order valence-corrected chi connectivity index (χ3v) is 6.76. The van der Waals surface area contributed by atoms with Crippen LogP contribution in [0.25, 0.3) is 10.2 Å². The Bertz CT molecular complexity index is 1140. The van der Waals surface area contributed by atoms with Crippen LogP contribution >= 0.6 is 22.9 Å². The number of rotatable bonds is 6. The molecule has 0 radical (unpaired) electrons. The summed E-state index contributed by atoms with van der Waals surface area (Å²) in [5.74, 6) is -3.62. The molecule has 1 atom stereocenters. The van der Waals surface area contributed by atoms with Crippen LogP contribution in [0.5, 0.6) is 5.75 Å². The lowest BCUT2D eigenvalue weighted by molar-refractivity contribution is 0.0361. The van der Waals surface area contributed by atoms with Crippen LogP contribution < -0.4 is 10.1 Å². The highest BCUT2D eigenvalue weighted by Gasteiger charge is 2.28. The maximum absolute atomic E-state index is 14.9. The number of likely N-dealkylation sites (tertiary alicyclic amines) is 1. The molecule has 6 nitrogen and oxygen atoms in total. The summed E-state index contributed by atoms with van der Waals surface area (Å²) in [5.41, 5.74) is -0.0887. The molecule has 32 heavy (non-hydrogen) atoms. The van der Waals surface area contributed by atoms with Gasteiger partial charge in [-0.05, 0) is 63.3 Å². The molecule has 1 saturated heterocycles. The smallest absolute Gasteiger partial charge is 0.259 e. The molecule has 2 heterocycles. The summed E-state index contributed by atoms with van der Waals surface area (Å²) < 4.78 is 35.6. The Kier molecular flexibility index (Phi) is 6.90. The van der Waals surface area contributed by atoms with Crippen LogP contribution in [0.3, 0.4) is 0 Å².